The average Bonchev–Trinajstić information content (AvgIpc) is 3.39. The van der Waals surface area contributed by atoms with Crippen molar-refractivity contribution in [1.82, 2.24) is 14.9 Å². The smallest absolute Gasteiger partial charge is 0.338 e. The van der Waals surface area contributed by atoms with E-state index in [2.05, 4.69) is 10.3 Å². The van der Waals surface area contributed by atoms with E-state index < -0.39 is 5.97 Å². The number of imidazole rings is 1. The minimum Gasteiger partial charge on any atom is -0.452 e. The molecule has 0 saturated heterocycles. The normalized spacial score (nSPS) is 13.6. The van der Waals surface area contributed by atoms with Crippen LogP contribution in [0.3, 0.4) is 0 Å². The van der Waals surface area contributed by atoms with Gasteiger partial charge in [-0.1, -0.05) is 18.2 Å². The molecule has 1 saturated carbocycles. The van der Waals surface area contributed by atoms with Crippen LogP contribution >= 0.6 is 0 Å². The number of carbonyl (C=O) groups is 2. The molecular weight excluding hydrogens is 330 g/mol. The molecule has 1 heterocycles. The van der Waals surface area contributed by atoms with E-state index in [1.807, 2.05) is 47.9 Å². The number of para-hydroxylation sites is 1. The number of carbonyl (C=O) groups excluding carboxylic acids is 2. The molecule has 1 aromatic heterocycles. The maximum absolute atomic E-state index is 12.2. The van der Waals surface area contributed by atoms with Gasteiger partial charge in [0, 0.05) is 11.7 Å². The molecule has 6 nitrogen and oxygen atoms in total. The predicted molar refractivity (Wildman–Crippen MR) is 97.3 cm³/mol. The maximum Gasteiger partial charge on any atom is 0.338 e. The second-order valence-electron chi connectivity index (χ2n) is 6.45. The largest absolute Gasteiger partial charge is 0.452 e. The number of aryl methyl sites for hydroxylation is 1. The van der Waals surface area contributed by atoms with Crippen molar-refractivity contribution in [3.63, 3.8) is 0 Å². The molecule has 1 aliphatic rings. The van der Waals surface area contributed by atoms with Gasteiger partial charge in [0.1, 0.15) is 5.82 Å². The first-order valence-electron chi connectivity index (χ1n) is 8.63. The zero-order chi connectivity index (χ0) is 18.1. The summed E-state index contributed by atoms with van der Waals surface area (Å²) in [7, 11) is 0. The van der Waals surface area contributed by atoms with Crippen LogP contribution in [0.25, 0.3) is 16.7 Å². The van der Waals surface area contributed by atoms with Crippen LogP contribution in [-0.2, 0) is 9.53 Å². The maximum atomic E-state index is 12.2. The number of esters is 1. The van der Waals surface area contributed by atoms with Gasteiger partial charge in [-0.2, -0.15) is 0 Å². The van der Waals surface area contributed by atoms with Gasteiger partial charge >= 0.3 is 5.97 Å². The standard InChI is InChI=1S/C20H19N3O3/c1-13-21-17-11-14(20(25)26-12-19(24)22-15-8-9-15)7-10-18(17)23(13)16-5-3-2-4-6-16/h2-7,10-11,15H,8-9,12H2,1H3,(H,22,24). The second kappa shape index (κ2) is 6.63. The van der Waals surface area contributed by atoms with Crippen LogP contribution in [0, 0.1) is 6.92 Å². The molecular formula is C20H19N3O3. The number of fused-ring (bicyclic) bond motifs is 1. The van der Waals surface area contributed by atoms with Crippen LogP contribution in [0.2, 0.25) is 0 Å². The van der Waals surface area contributed by atoms with E-state index in [0.717, 1.165) is 29.9 Å². The molecule has 1 amide bonds. The molecule has 0 radical (unpaired) electrons. The number of ether oxygens (including phenoxy) is 1. The fourth-order valence-corrected chi connectivity index (χ4v) is 2.94. The second-order valence-corrected chi connectivity index (χ2v) is 6.45. The summed E-state index contributed by atoms with van der Waals surface area (Å²) in [6, 6.07) is 15.4. The third-order valence-electron chi connectivity index (χ3n) is 4.35. The summed E-state index contributed by atoms with van der Waals surface area (Å²) in [6.45, 7) is 1.66. The quantitative estimate of drug-likeness (QED) is 0.719. The molecule has 1 aliphatic carbocycles. The van der Waals surface area contributed by atoms with E-state index in [1.165, 1.54) is 0 Å². The lowest BCUT2D eigenvalue weighted by Gasteiger charge is -2.07. The van der Waals surface area contributed by atoms with Gasteiger partial charge in [-0.15, -0.1) is 0 Å². The Balaban J connectivity index is 1.54. The van der Waals surface area contributed by atoms with Crippen molar-refractivity contribution in [3.8, 4) is 5.69 Å². The molecule has 26 heavy (non-hydrogen) atoms. The molecule has 1 fully saturated rings. The number of nitrogens with one attached hydrogen (secondary N) is 1. The Kier molecular flexibility index (Phi) is 4.16. The summed E-state index contributed by atoms with van der Waals surface area (Å²) < 4.78 is 7.14. The highest BCUT2D eigenvalue weighted by Crippen LogP contribution is 2.22. The average molecular weight is 349 g/mol. The van der Waals surface area contributed by atoms with E-state index in [1.54, 1.807) is 12.1 Å². The van der Waals surface area contributed by atoms with Crippen LogP contribution in [0.4, 0.5) is 0 Å². The zero-order valence-electron chi connectivity index (χ0n) is 14.4. The van der Waals surface area contributed by atoms with Crippen molar-refractivity contribution >= 4 is 22.9 Å². The van der Waals surface area contributed by atoms with Crippen molar-refractivity contribution in [2.75, 3.05) is 6.61 Å². The van der Waals surface area contributed by atoms with Gasteiger partial charge in [0.2, 0.25) is 0 Å². The molecule has 0 atom stereocenters. The van der Waals surface area contributed by atoms with Crippen LogP contribution in [0.15, 0.2) is 48.5 Å². The van der Waals surface area contributed by atoms with Crippen LogP contribution in [0.1, 0.15) is 29.0 Å². The fraction of sp³-hybridized carbons (Fsp3) is 0.250. The van der Waals surface area contributed by atoms with Crippen molar-refractivity contribution in [3.05, 3.63) is 59.9 Å². The van der Waals surface area contributed by atoms with Crippen molar-refractivity contribution in [2.45, 2.75) is 25.8 Å². The summed E-state index contributed by atoms with van der Waals surface area (Å²) in [4.78, 5) is 28.4. The number of nitrogens with zero attached hydrogens (tertiary/aromatic N) is 2. The van der Waals surface area contributed by atoms with Crippen molar-refractivity contribution < 1.29 is 14.3 Å². The van der Waals surface area contributed by atoms with E-state index in [-0.39, 0.29) is 18.6 Å². The summed E-state index contributed by atoms with van der Waals surface area (Å²) in [5.41, 5.74) is 3.02. The van der Waals surface area contributed by atoms with Gasteiger partial charge in [-0.05, 0) is 50.1 Å². The highest BCUT2D eigenvalue weighted by atomic mass is 16.5. The Bertz CT molecular complexity index is 975. The van der Waals surface area contributed by atoms with Crippen molar-refractivity contribution in [1.29, 1.82) is 0 Å². The molecule has 0 unspecified atom stereocenters. The lowest BCUT2D eigenvalue weighted by Crippen LogP contribution is -2.30. The number of benzene rings is 2. The fourth-order valence-electron chi connectivity index (χ4n) is 2.94. The topological polar surface area (TPSA) is 73.2 Å². The van der Waals surface area contributed by atoms with Crippen LogP contribution in [-0.4, -0.2) is 34.1 Å². The van der Waals surface area contributed by atoms with Gasteiger partial charge < -0.3 is 10.1 Å². The number of hydrogen-bond acceptors (Lipinski definition) is 4. The zero-order valence-corrected chi connectivity index (χ0v) is 14.4. The van der Waals surface area contributed by atoms with Crippen LogP contribution in [0.5, 0.6) is 0 Å². The molecule has 6 heteroatoms. The molecule has 1 N–H and O–H groups in total. The Hall–Kier alpha value is -3.15. The number of hydrogen-bond donors (Lipinski definition) is 1. The molecule has 0 spiro atoms. The Labute approximate surface area is 150 Å². The van der Waals surface area contributed by atoms with E-state index >= 15 is 0 Å². The lowest BCUT2D eigenvalue weighted by molar-refractivity contribution is -0.124. The Morgan fingerprint density at radius 3 is 2.69 bits per heavy atom. The summed E-state index contributed by atoms with van der Waals surface area (Å²) in [6.07, 6.45) is 2.00. The number of rotatable bonds is 5. The molecule has 3 aromatic rings. The van der Waals surface area contributed by atoms with E-state index in [4.69, 9.17) is 4.74 Å². The SMILES string of the molecule is Cc1nc2cc(C(=O)OCC(=O)NC3CC3)ccc2n1-c1ccccc1. The van der Waals surface area contributed by atoms with Gasteiger partial charge in [0.25, 0.3) is 5.91 Å². The third-order valence-corrected chi connectivity index (χ3v) is 4.35. The molecule has 0 bridgehead atoms. The minimum absolute atomic E-state index is 0.252. The third kappa shape index (κ3) is 3.31. The first kappa shape index (κ1) is 16.3. The van der Waals surface area contributed by atoms with Gasteiger partial charge in [0.15, 0.2) is 6.61 Å². The molecule has 132 valence electrons. The summed E-state index contributed by atoms with van der Waals surface area (Å²) in [5.74, 6) is 0.0522. The van der Waals surface area contributed by atoms with E-state index in [0.29, 0.717) is 11.1 Å². The highest BCUT2D eigenvalue weighted by molar-refractivity contribution is 5.95. The van der Waals surface area contributed by atoms with Gasteiger partial charge in [0.05, 0.1) is 16.6 Å². The Morgan fingerprint density at radius 2 is 1.96 bits per heavy atom. The van der Waals surface area contributed by atoms with Gasteiger partial charge in [-0.3, -0.25) is 9.36 Å². The van der Waals surface area contributed by atoms with Gasteiger partial charge in [-0.25, -0.2) is 9.78 Å². The highest BCUT2D eigenvalue weighted by Gasteiger charge is 2.23. The van der Waals surface area contributed by atoms with Crippen molar-refractivity contribution in [2.24, 2.45) is 0 Å². The molecule has 0 aliphatic heterocycles. The predicted octanol–water partition coefficient (Wildman–Crippen LogP) is 2.77. The molecule has 2 aromatic carbocycles. The summed E-state index contributed by atoms with van der Waals surface area (Å²) in [5, 5.41) is 2.79. The number of aromatic nitrogens is 2. The summed E-state index contributed by atoms with van der Waals surface area (Å²) >= 11 is 0. The first-order chi connectivity index (χ1) is 12.6. The van der Waals surface area contributed by atoms with Crippen LogP contribution < -0.4 is 5.32 Å². The molecule has 4 rings (SSSR count). The monoisotopic (exact) mass is 349 g/mol. The lowest BCUT2D eigenvalue weighted by atomic mass is 10.2. The number of amides is 1. The minimum atomic E-state index is -0.523. The van der Waals surface area contributed by atoms with E-state index in [9.17, 15) is 9.59 Å². The Morgan fingerprint density at radius 1 is 1.19 bits per heavy atom. The first-order valence-corrected chi connectivity index (χ1v) is 8.63.